The summed E-state index contributed by atoms with van der Waals surface area (Å²) in [6, 6.07) is 16.7. The minimum absolute atomic E-state index is 0.0798. The Bertz CT molecular complexity index is 1470. The Labute approximate surface area is 206 Å². The van der Waals surface area contributed by atoms with E-state index in [0.717, 1.165) is 35.9 Å². The SMILES string of the molecule is CCn1c(=O)/c(=C2\Sc3ccc(Br)cc3N2C)s/c1=C\c1scc[n+]1Cc1ccccc1. The zero-order valence-corrected chi connectivity index (χ0v) is 21.7. The third kappa shape index (κ3) is 4.01. The van der Waals surface area contributed by atoms with E-state index in [2.05, 4.69) is 79.4 Å². The summed E-state index contributed by atoms with van der Waals surface area (Å²) in [5.74, 6) is 0. The van der Waals surface area contributed by atoms with Crippen LogP contribution in [0.2, 0.25) is 0 Å². The highest BCUT2D eigenvalue weighted by atomic mass is 79.9. The normalized spacial score (nSPS) is 15.5. The van der Waals surface area contributed by atoms with Gasteiger partial charge in [0.25, 0.3) is 10.6 Å². The van der Waals surface area contributed by atoms with Crippen molar-refractivity contribution in [1.29, 1.82) is 0 Å². The van der Waals surface area contributed by atoms with Gasteiger partial charge in [0.1, 0.15) is 14.2 Å². The molecule has 0 radical (unpaired) electrons. The Hall–Kier alpha value is -2.13. The van der Waals surface area contributed by atoms with E-state index in [1.165, 1.54) is 10.5 Å². The van der Waals surface area contributed by atoms with Gasteiger partial charge in [0, 0.05) is 28.5 Å². The van der Waals surface area contributed by atoms with Gasteiger partial charge in [-0.05, 0) is 25.1 Å². The van der Waals surface area contributed by atoms with Crippen LogP contribution in [0.15, 0.2) is 74.3 Å². The number of thioether (sulfide) groups is 1. The van der Waals surface area contributed by atoms with Crippen LogP contribution in [0.4, 0.5) is 5.69 Å². The zero-order valence-electron chi connectivity index (χ0n) is 17.6. The molecular weight excluding hydrogens is 522 g/mol. The highest BCUT2D eigenvalue weighted by Gasteiger charge is 2.25. The maximum atomic E-state index is 13.4. The lowest BCUT2D eigenvalue weighted by Gasteiger charge is -2.12. The fraction of sp³-hybridized carbons (Fsp3) is 0.167. The number of hydrogen-bond acceptors (Lipinski definition) is 5. The molecule has 1 aliphatic rings. The minimum Gasteiger partial charge on any atom is -0.337 e. The molecule has 3 heterocycles. The molecule has 4 nitrogen and oxygen atoms in total. The number of thiazole rings is 2. The number of fused-ring (bicyclic) bond motifs is 1. The number of benzene rings is 2. The minimum atomic E-state index is 0.0798. The molecule has 0 saturated carbocycles. The monoisotopic (exact) mass is 542 g/mol. The van der Waals surface area contributed by atoms with Crippen LogP contribution in [0.25, 0.3) is 11.1 Å². The van der Waals surface area contributed by atoms with E-state index in [4.69, 9.17) is 0 Å². The molecule has 4 aromatic rings. The van der Waals surface area contributed by atoms with E-state index < -0.39 is 0 Å². The van der Waals surface area contributed by atoms with E-state index >= 15 is 0 Å². The van der Waals surface area contributed by atoms with Crippen molar-refractivity contribution in [3.8, 4) is 0 Å². The van der Waals surface area contributed by atoms with Crippen LogP contribution < -0.4 is 24.2 Å². The van der Waals surface area contributed by atoms with Gasteiger partial charge in [-0.2, -0.15) is 4.57 Å². The molecule has 0 amide bonds. The Balaban J connectivity index is 1.61. The molecule has 0 aliphatic carbocycles. The second-order valence-corrected chi connectivity index (χ2v) is 11.3. The second-order valence-electron chi connectivity index (χ2n) is 7.40. The van der Waals surface area contributed by atoms with E-state index in [-0.39, 0.29) is 5.56 Å². The maximum absolute atomic E-state index is 13.4. The molecule has 0 saturated heterocycles. The average Bonchev–Trinajstić information content (AvgIpc) is 3.45. The van der Waals surface area contributed by atoms with Gasteiger partial charge in [-0.15, -0.1) is 11.3 Å². The topological polar surface area (TPSA) is 29.1 Å². The largest absolute Gasteiger partial charge is 0.337 e. The van der Waals surface area contributed by atoms with Crippen LogP contribution >= 0.6 is 50.4 Å². The van der Waals surface area contributed by atoms with Crippen molar-refractivity contribution in [3.05, 3.63) is 94.7 Å². The first kappa shape index (κ1) is 21.7. The van der Waals surface area contributed by atoms with Crippen LogP contribution in [0.1, 0.15) is 17.5 Å². The molecule has 5 rings (SSSR count). The van der Waals surface area contributed by atoms with Crippen molar-refractivity contribution in [1.82, 2.24) is 4.57 Å². The fourth-order valence-corrected chi connectivity index (χ4v) is 7.38. The second kappa shape index (κ2) is 9.02. The molecule has 2 aromatic carbocycles. The third-order valence-electron chi connectivity index (χ3n) is 5.37. The van der Waals surface area contributed by atoms with Gasteiger partial charge in [-0.1, -0.05) is 69.4 Å². The van der Waals surface area contributed by atoms with E-state index in [1.807, 2.05) is 30.7 Å². The van der Waals surface area contributed by atoms with Gasteiger partial charge in [-0.3, -0.25) is 9.36 Å². The summed E-state index contributed by atoms with van der Waals surface area (Å²) in [7, 11) is 2.03. The predicted octanol–water partition coefficient (Wildman–Crippen LogP) is 4.23. The summed E-state index contributed by atoms with van der Waals surface area (Å²) in [6.07, 6.45) is 4.26. The number of halogens is 1. The lowest BCUT2D eigenvalue weighted by Crippen LogP contribution is -2.36. The van der Waals surface area contributed by atoms with Crippen molar-refractivity contribution < 1.29 is 4.57 Å². The first-order valence-corrected chi connectivity index (χ1v) is 13.5. The lowest BCUT2D eigenvalue weighted by atomic mass is 10.2. The molecule has 162 valence electrons. The van der Waals surface area contributed by atoms with Gasteiger partial charge in [0.05, 0.1) is 17.1 Å². The van der Waals surface area contributed by atoms with Gasteiger partial charge in [0.15, 0.2) is 12.7 Å². The molecule has 1 aliphatic heterocycles. The molecule has 0 N–H and O–H groups in total. The standard InChI is InChI=1S/C24H21BrN3OS3/c1-3-28-21(14-20-27(11-12-30-20)15-16-7-5-4-6-8-16)32-22(23(28)29)24-26(2)18-13-17(25)9-10-19(18)31-24/h4-14H,3,15H2,1-2H3/q+1/b24-22+. The van der Waals surface area contributed by atoms with Gasteiger partial charge in [0.2, 0.25) is 0 Å². The maximum Gasteiger partial charge on any atom is 0.271 e. The van der Waals surface area contributed by atoms with Crippen molar-refractivity contribution in [2.75, 3.05) is 11.9 Å². The summed E-state index contributed by atoms with van der Waals surface area (Å²) < 4.78 is 6.93. The first-order chi connectivity index (χ1) is 15.5. The van der Waals surface area contributed by atoms with Crippen LogP contribution in [-0.2, 0) is 13.1 Å². The van der Waals surface area contributed by atoms with Crippen LogP contribution in [0, 0.1) is 0 Å². The third-order valence-corrected chi connectivity index (χ3v) is 9.20. The van der Waals surface area contributed by atoms with Gasteiger partial charge < -0.3 is 4.90 Å². The molecule has 32 heavy (non-hydrogen) atoms. The molecular formula is C24H21BrN3OS3+. The molecule has 0 unspecified atom stereocenters. The molecule has 8 heteroatoms. The predicted molar refractivity (Wildman–Crippen MR) is 139 cm³/mol. The molecule has 0 bridgehead atoms. The van der Waals surface area contributed by atoms with E-state index in [0.29, 0.717) is 6.54 Å². The van der Waals surface area contributed by atoms with E-state index in [1.54, 1.807) is 34.4 Å². The van der Waals surface area contributed by atoms with Crippen molar-refractivity contribution >= 4 is 67.2 Å². The summed E-state index contributed by atoms with van der Waals surface area (Å²) in [5.41, 5.74) is 2.46. The lowest BCUT2D eigenvalue weighted by molar-refractivity contribution is -0.685. The number of rotatable bonds is 4. The fourth-order valence-electron chi connectivity index (χ4n) is 3.74. The quantitative estimate of drug-likeness (QED) is 0.361. The van der Waals surface area contributed by atoms with Crippen LogP contribution in [0.3, 0.4) is 0 Å². The van der Waals surface area contributed by atoms with E-state index in [9.17, 15) is 4.79 Å². The van der Waals surface area contributed by atoms with Crippen molar-refractivity contribution in [2.24, 2.45) is 0 Å². The molecule has 0 spiro atoms. The van der Waals surface area contributed by atoms with Crippen molar-refractivity contribution in [2.45, 2.75) is 24.9 Å². The highest BCUT2D eigenvalue weighted by Crippen LogP contribution is 2.46. The highest BCUT2D eigenvalue weighted by molar-refractivity contribution is 9.10. The Morgan fingerprint density at radius 3 is 2.75 bits per heavy atom. The zero-order chi connectivity index (χ0) is 22.2. The number of nitrogens with zero attached hydrogens (tertiary/aromatic N) is 3. The Kier molecular flexibility index (Phi) is 6.11. The Morgan fingerprint density at radius 1 is 1.16 bits per heavy atom. The number of aromatic nitrogens is 2. The summed E-state index contributed by atoms with van der Waals surface area (Å²) >= 11 is 8.50. The summed E-state index contributed by atoms with van der Waals surface area (Å²) in [5, 5.41) is 4.23. The van der Waals surface area contributed by atoms with Crippen LogP contribution in [0.5, 0.6) is 0 Å². The number of hydrogen-bond donors (Lipinski definition) is 0. The molecule has 0 fully saturated rings. The van der Waals surface area contributed by atoms with Crippen molar-refractivity contribution in [3.63, 3.8) is 0 Å². The number of anilines is 1. The molecule has 0 atom stereocenters. The summed E-state index contributed by atoms with van der Waals surface area (Å²) in [6.45, 7) is 3.49. The van der Waals surface area contributed by atoms with Gasteiger partial charge in [-0.25, -0.2) is 0 Å². The smallest absolute Gasteiger partial charge is 0.271 e. The van der Waals surface area contributed by atoms with Gasteiger partial charge >= 0.3 is 0 Å². The Morgan fingerprint density at radius 2 is 1.97 bits per heavy atom. The first-order valence-electron chi connectivity index (χ1n) is 10.2. The average molecular weight is 544 g/mol. The summed E-state index contributed by atoms with van der Waals surface area (Å²) in [4.78, 5) is 16.7. The van der Waals surface area contributed by atoms with Crippen LogP contribution in [-0.4, -0.2) is 11.6 Å². The molecule has 2 aromatic heterocycles.